The monoisotopic (exact) mass is 367 g/mol. The average molecular weight is 367 g/mol. The van der Waals surface area contributed by atoms with Crippen LogP contribution >= 0.6 is 11.3 Å². The van der Waals surface area contributed by atoms with Crippen LogP contribution < -0.4 is 4.74 Å². The maximum absolute atomic E-state index is 12.7. The number of benzene rings is 1. The molecule has 0 unspecified atom stereocenters. The quantitative estimate of drug-likeness (QED) is 0.814. The molecule has 24 heavy (non-hydrogen) atoms. The second-order valence-electron chi connectivity index (χ2n) is 5.25. The van der Waals surface area contributed by atoms with Gasteiger partial charge < -0.3 is 9.64 Å². The lowest BCUT2D eigenvalue weighted by molar-refractivity contribution is 0.0693. The zero-order valence-corrected chi connectivity index (χ0v) is 14.7. The maximum Gasteiger partial charge on any atom is 0.273 e. The van der Waals surface area contributed by atoms with E-state index in [2.05, 4.69) is 4.98 Å². The van der Waals surface area contributed by atoms with Crippen molar-refractivity contribution in [3.05, 3.63) is 40.8 Å². The molecule has 1 aliphatic heterocycles. The minimum atomic E-state index is -3.56. The third kappa shape index (κ3) is 3.28. The first kappa shape index (κ1) is 16.9. The van der Waals surface area contributed by atoms with Crippen LogP contribution in [-0.4, -0.2) is 61.8 Å². The summed E-state index contributed by atoms with van der Waals surface area (Å²) < 4.78 is 31.8. The second kappa shape index (κ2) is 6.88. The molecule has 0 aliphatic carbocycles. The first-order valence-corrected chi connectivity index (χ1v) is 9.72. The first-order valence-electron chi connectivity index (χ1n) is 7.34. The number of nitrogens with zero attached hydrogens (tertiary/aromatic N) is 3. The van der Waals surface area contributed by atoms with Gasteiger partial charge in [-0.3, -0.25) is 4.79 Å². The molecule has 0 radical (unpaired) electrons. The molecule has 9 heteroatoms. The van der Waals surface area contributed by atoms with Crippen molar-refractivity contribution in [1.82, 2.24) is 14.2 Å². The van der Waals surface area contributed by atoms with Crippen molar-refractivity contribution in [3.63, 3.8) is 0 Å². The van der Waals surface area contributed by atoms with E-state index in [0.29, 0.717) is 24.5 Å². The Morgan fingerprint density at radius 2 is 1.83 bits per heavy atom. The maximum atomic E-state index is 12.7. The van der Waals surface area contributed by atoms with Crippen LogP contribution in [-0.2, 0) is 10.0 Å². The molecule has 2 aromatic rings. The molecule has 128 valence electrons. The lowest BCUT2D eigenvalue weighted by Gasteiger charge is -2.33. The summed E-state index contributed by atoms with van der Waals surface area (Å²) in [4.78, 5) is 18.1. The summed E-state index contributed by atoms with van der Waals surface area (Å²) in [6, 6.07) is 6.30. The van der Waals surface area contributed by atoms with Crippen LogP contribution in [0.25, 0.3) is 0 Å². The number of aromatic nitrogens is 1. The summed E-state index contributed by atoms with van der Waals surface area (Å²) in [5.74, 6) is 0.449. The van der Waals surface area contributed by atoms with Crippen LogP contribution in [0, 0.1) is 0 Å². The molecule has 0 bridgehead atoms. The lowest BCUT2D eigenvalue weighted by Crippen LogP contribution is -2.50. The molecule has 1 aromatic heterocycles. The van der Waals surface area contributed by atoms with E-state index in [9.17, 15) is 13.2 Å². The number of carbonyl (C=O) groups excluding carboxylic acids is 1. The Hall–Kier alpha value is -1.97. The van der Waals surface area contributed by atoms with Gasteiger partial charge >= 0.3 is 0 Å². The average Bonchev–Trinajstić information content (AvgIpc) is 3.16. The molecule has 7 nitrogen and oxygen atoms in total. The van der Waals surface area contributed by atoms with Crippen molar-refractivity contribution in [1.29, 1.82) is 0 Å². The topological polar surface area (TPSA) is 79.8 Å². The Kier molecular flexibility index (Phi) is 4.83. The smallest absolute Gasteiger partial charge is 0.273 e. The fourth-order valence-electron chi connectivity index (χ4n) is 2.51. The van der Waals surface area contributed by atoms with E-state index < -0.39 is 10.0 Å². The summed E-state index contributed by atoms with van der Waals surface area (Å²) >= 11 is 1.36. The zero-order chi connectivity index (χ0) is 17.2. The second-order valence-corrected chi connectivity index (χ2v) is 7.90. The van der Waals surface area contributed by atoms with Gasteiger partial charge in [0.05, 0.1) is 17.5 Å². The number of hydrogen-bond acceptors (Lipinski definition) is 6. The first-order chi connectivity index (χ1) is 11.5. The molecule has 2 heterocycles. The van der Waals surface area contributed by atoms with Crippen LogP contribution in [0.1, 0.15) is 10.5 Å². The van der Waals surface area contributed by atoms with Crippen molar-refractivity contribution in [2.24, 2.45) is 0 Å². The standard InChI is InChI=1S/C15H17N3O4S2/c1-22-12-2-4-13(5-3-12)24(20,21)18-8-6-17(7-9-18)15(19)14-10-23-11-16-14/h2-5,10-11H,6-9H2,1H3. The molecule has 1 saturated heterocycles. The van der Waals surface area contributed by atoms with Gasteiger partial charge in [-0.15, -0.1) is 11.3 Å². The van der Waals surface area contributed by atoms with Gasteiger partial charge in [0.15, 0.2) is 0 Å². The molecule has 1 aliphatic rings. The number of sulfonamides is 1. The number of amides is 1. The van der Waals surface area contributed by atoms with Crippen molar-refractivity contribution in [2.75, 3.05) is 33.3 Å². The van der Waals surface area contributed by atoms with Gasteiger partial charge in [0, 0.05) is 31.6 Å². The van der Waals surface area contributed by atoms with E-state index >= 15 is 0 Å². The number of hydrogen-bond donors (Lipinski definition) is 0. The fraction of sp³-hybridized carbons (Fsp3) is 0.333. The van der Waals surface area contributed by atoms with Crippen molar-refractivity contribution >= 4 is 27.3 Å². The minimum Gasteiger partial charge on any atom is -0.497 e. The Labute approximate surface area is 144 Å². The number of rotatable bonds is 4. The Bertz CT molecular complexity index is 796. The van der Waals surface area contributed by atoms with E-state index in [0.717, 1.165) is 0 Å². The molecule has 1 amide bonds. The van der Waals surface area contributed by atoms with E-state index in [-0.39, 0.29) is 23.9 Å². The SMILES string of the molecule is COc1ccc(S(=O)(=O)N2CCN(C(=O)c3cscn3)CC2)cc1. The van der Waals surface area contributed by atoms with Gasteiger partial charge in [0.1, 0.15) is 11.4 Å². The summed E-state index contributed by atoms with van der Waals surface area (Å²) in [6.45, 7) is 1.24. The summed E-state index contributed by atoms with van der Waals surface area (Å²) in [7, 11) is -2.03. The molecule has 0 spiro atoms. The van der Waals surface area contributed by atoms with Crippen LogP contribution in [0.15, 0.2) is 40.1 Å². The van der Waals surface area contributed by atoms with Crippen LogP contribution in [0.2, 0.25) is 0 Å². The normalized spacial score (nSPS) is 16.1. The number of carbonyl (C=O) groups is 1. The highest BCUT2D eigenvalue weighted by Crippen LogP contribution is 2.21. The number of ether oxygens (including phenoxy) is 1. The summed E-state index contributed by atoms with van der Waals surface area (Å²) in [5, 5.41) is 1.70. The minimum absolute atomic E-state index is 0.155. The van der Waals surface area contributed by atoms with Gasteiger partial charge in [-0.25, -0.2) is 13.4 Å². The molecule has 3 rings (SSSR count). The fourth-order valence-corrected chi connectivity index (χ4v) is 4.46. The molecule has 0 saturated carbocycles. The van der Waals surface area contributed by atoms with Gasteiger partial charge in [-0.1, -0.05) is 0 Å². The van der Waals surface area contributed by atoms with Gasteiger partial charge in [-0.05, 0) is 24.3 Å². The van der Waals surface area contributed by atoms with E-state index in [4.69, 9.17) is 4.74 Å². The van der Waals surface area contributed by atoms with Crippen LogP contribution in [0.4, 0.5) is 0 Å². The molecular weight excluding hydrogens is 350 g/mol. The van der Waals surface area contributed by atoms with E-state index in [1.807, 2.05) is 0 Å². The summed E-state index contributed by atoms with van der Waals surface area (Å²) in [6.07, 6.45) is 0. The summed E-state index contributed by atoms with van der Waals surface area (Å²) in [5.41, 5.74) is 2.02. The Morgan fingerprint density at radius 3 is 2.38 bits per heavy atom. The van der Waals surface area contributed by atoms with Crippen LogP contribution in [0.3, 0.4) is 0 Å². The molecular formula is C15H17N3O4S2. The van der Waals surface area contributed by atoms with E-state index in [1.54, 1.807) is 27.9 Å². The van der Waals surface area contributed by atoms with Gasteiger partial charge in [-0.2, -0.15) is 4.31 Å². The Balaban J connectivity index is 1.68. The zero-order valence-electron chi connectivity index (χ0n) is 13.1. The van der Waals surface area contributed by atoms with Crippen molar-refractivity contribution in [2.45, 2.75) is 4.90 Å². The largest absolute Gasteiger partial charge is 0.497 e. The van der Waals surface area contributed by atoms with Gasteiger partial charge in [0.2, 0.25) is 10.0 Å². The lowest BCUT2D eigenvalue weighted by atomic mass is 10.3. The highest BCUT2D eigenvalue weighted by Gasteiger charge is 2.30. The highest BCUT2D eigenvalue weighted by molar-refractivity contribution is 7.89. The van der Waals surface area contributed by atoms with E-state index in [1.165, 1.54) is 34.9 Å². The number of piperazine rings is 1. The third-order valence-corrected chi connectivity index (χ3v) is 6.37. The molecule has 1 aromatic carbocycles. The molecule has 0 atom stereocenters. The number of methoxy groups -OCH3 is 1. The molecule has 1 fully saturated rings. The molecule has 0 N–H and O–H groups in total. The van der Waals surface area contributed by atoms with Crippen molar-refractivity contribution < 1.29 is 17.9 Å². The third-order valence-electron chi connectivity index (χ3n) is 3.87. The predicted molar refractivity (Wildman–Crippen MR) is 89.8 cm³/mol. The Morgan fingerprint density at radius 1 is 1.17 bits per heavy atom. The highest BCUT2D eigenvalue weighted by atomic mass is 32.2. The van der Waals surface area contributed by atoms with Crippen molar-refractivity contribution in [3.8, 4) is 5.75 Å². The predicted octanol–water partition coefficient (Wildman–Crippen LogP) is 1.30. The van der Waals surface area contributed by atoms with Crippen LogP contribution in [0.5, 0.6) is 5.75 Å². The number of thiazole rings is 1. The van der Waals surface area contributed by atoms with Gasteiger partial charge in [0.25, 0.3) is 5.91 Å².